The SMILES string of the molecule is CCN(CC)CC.CCN1/C(=C2/SC(=S)N(CC(=O)O)C2=O)Cc2ccccc21. The van der Waals surface area contributed by atoms with E-state index in [4.69, 9.17) is 17.3 Å². The number of hydrogen-bond donors (Lipinski definition) is 1. The van der Waals surface area contributed by atoms with Crippen molar-refractivity contribution in [3.63, 3.8) is 0 Å². The Bertz CT molecular complexity index is 801. The van der Waals surface area contributed by atoms with Gasteiger partial charge >= 0.3 is 5.97 Å². The number of allylic oxidation sites excluding steroid dienone is 1. The second kappa shape index (κ2) is 10.8. The van der Waals surface area contributed by atoms with Gasteiger partial charge in [-0.1, -0.05) is 63.0 Å². The Kier molecular flexibility index (Phi) is 8.67. The summed E-state index contributed by atoms with van der Waals surface area (Å²) in [6, 6.07) is 8.03. The molecule has 0 aromatic heterocycles. The molecule has 0 atom stereocenters. The molecular weight excluding hydrogens is 406 g/mol. The van der Waals surface area contributed by atoms with Crippen LogP contribution in [0.25, 0.3) is 0 Å². The van der Waals surface area contributed by atoms with Crippen molar-refractivity contribution >= 4 is 45.9 Å². The summed E-state index contributed by atoms with van der Waals surface area (Å²) in [5.41, 5.74) is 3.18. The summed E-state index contributed by atoms with van der Waals surface area (Å²) in [6.45, 7) is 12.5. The number of nitrogens with zero attached hydrogens (tertiary/aromatic N) is 3. The fourth-order valence-corrected chi connectivity index (χ4v) is 4.75. The number of likely N-dealkylation sites (N-methyl/N-ethyl adjacent to an activating group) is 1. The first-order valence-electron chi connectivity index (χ1n) is 9.94. The van der Waals surface area contributed by atoms with Gasteiger partial charge < -0.3 is 14.9 Å². The molecule has 0 spiro atoms. The lowest BCUT2D eigenvalue weighted by Gasteiger charge is -2.20. The van der Waals surface area contributed by atoms with Crippen molar-refractivity contribution in [1.82, 2.24) is 9.80 Å². The number of benzene rings is 1. The maximum atomic E-state index is 12.5. The smallest absolute Gasteiger partial charge is 0.323 e. The van der Waals surface area contributed by atoms with Gasteiger partial charge in [0, 0.05) is 24.4 Å². The molecule has 1 amide bonds. The number of hydrogen-bond acceptors (Lipinski definition) is 6. The van der Waals surface area contributed by atoms with Gasteiger partial charge in [0.25, 0.3) is 5.91 Å². The molecule has 1 fully saturated rings. The van der Waals surface area contributed by atoms with Gasteiger partial charge in [-0.2, -0.15) is 0 Å². The van der Waals surface area contributed by atoms with Gasteiger partial charge in [-0.25, -0.2) is 0 Å². The number of aliphatic carboxylic acids is 1. The van der Waals surface area contributed by atoms with Gasteiger partial charge in [0.2, 0.25) is 0 Å². The van der Waals surface area contributed by atoms with Gasteiger partial charge in [-0.15, -0.1) is 0 Å². The molecule has 0 aliphatic carbocycles. The number of amides is 1. The number of anilines is 1. The van der Waals surface area contributed by atoms with Gasteiger partial charge in [0.1, 0.15) is 10.9 Å². The fraction of sp³-hybridized carbons (Fsp3) is 0.476. The number of carboxylic acids is 1. The van der Waals surface area contributed by atoms with E-state index in [0.29, 0.717) is 15.6 Å². The second-order valence-corrected chi connectivity index (χ2v) is 8.24. The largest absolute Gasteiger partial charge is 0.480 e. The van der Waals surface area contributed by atoms with Crippen LogP contribution >= 0.6 is 24.0 Å². The molecule has 0 radical (unpaired) electrons. The van der Waals surface area contributed by atoms with E-state index < -0.39 is 5.97 Å². The fourth-order valence-electron chi connectivity index (χ4n) is 3.43. The summed E-state index contributed by atoms with van der Waals surface area (Å²) in [6.07, 6.45) is 0.668. The third-order valence-corrected chi connectivity index (χ3v) is 6.51. The zero-order valence-corrected chi connectivity index (χ0v) is 19.1. The Morgan fingerprint density at radius 1 is 1.14 bits per heavy atom. The molecule has 0 bridgehead atoms. The Hall–Kier alpha value is -1.90. The molecular formula is C21H29N3O3S2. The minimum Gasteiger partial charge on any atom is -0.480 e. The third-order valence-electron chi connectivity index (χ3n) is 5.03. The van der Waals surface area contributed by atoms with Crippen LogP contribution in [0.2, 0.25) is 0 Å². The average Bonchev–Trinajstić information content (AvgIpc) is 3.21. The van der Waals surface area contributed by atoms with Crippen LogP contribution in [0.3, 0.4) is 0 Å². The zero-order valence-electron chi connectivity index (χ0n) is 17.5. The van der Waals surface area contributed by atoms with Crippen LogP contribution in [0.15, 0.2) is 34.9 Å². The highest BCUT2D eigenvalue weighted by atomic mass is 32.2. The van der Waals surface area contributed by atoms with Crippen LogP contribution in [-0.2, 0) is 16.0 Å². The number of thiocarbonyl (C=S) groups is 1. The monoisotopic (exact) mass is 435 g/mol. The molecule has 2 aliphatic rings. The Morgan fingerprint density at radius 3 is 2.28 bits per heavy atom. The topological polar surface area (TPSA) is 64.1 Å². The summed E-state index contributed by atoms with van der Waals surface area (Å²) in [4.78, 5) is 29.6. The lowest BCUT2D eigenvalue weighted by molar-refractivity contribution is -0.140. The molecule has 29 heavy (non-hydrogen) atoms. The number of carbonyl (C=O) groups excluding carboxylic acids is 1. The number of carboxylic acid groups (broad SMARTS) is 1. The van der Waals surface area contributed by atoms with Gasteiger partial charge in [-0.05, 0) is 38.2 Å². The van der Waals surface area contributed by atoms with E-state index in [2.05, 4.69) is 30.6 Å². The van der Waals surface area contributed by atoms with Crippen molar-refractivity contribution in [2.75, 3.05) is 37.6 Å². The third kappa shape index (κ3) is 5.38. The molecule has 1 aromatic rings. The molecule has 6 nitrogen and oxygen atoms in total. The van der Waals surface area contributed by atoms with Crippen molar-refractivity contribution in [1.29, 1.82) is 0 Å². The maximum absolute atomic E-state index is 12.5. The minimum absolute atomic E-state index is 0.307. The van der Waals surface area contributed by atoms with E-state index in [1.54, 1.807) is 0 Å². The molecule has 0 saturated carbocycles. The average molecular weight is 436 g/mol. The Labute approximate surface area is 182 Å². The highest BCUT2D eigenvalue weighted by Crippen LogP contribution is 2.41. The number of carbonyl (C=O) groups is 2. The lowest BCUT2D eigenvalue weighted by Crippen LogP contribution is -2.34. The van der Waals surface area contributed by atoms with Crippen LogP contribution in [0.5, 0.6) is 0 Å². The number of rotatable bonds is 6. The molecule has 2 aliphatic heterocycles. The Balaban J connectivity index is 0.000000370. The van der Waals surface area contributed by atoms with E-state index in [9.17, 15) is 9.59 Å². The minimum atomic E-state index is -1.07. The van der Waals surface area contributed by atoms with Crippen LogP contribution in [0, 0.1) is 0 Å². The van der Waals surface area contributed by atoms with Crippen molar-refractivity contribution in [3.8, 4) is 0 Å². The van der Waals surface area contributed by atoms with Crippen molar-refractivity contribution < 1.29 is 14.7 Å². The summed E-state index contributed by atoms with van der Waals surface area (Å²) >= 11 is 6.36. The molecule has 158 valence electrons. The summed E-state index contributed by atoms with van der Waals surface area (Å²) < 4.78 is 0.307. The molecule has 3 rings (SSSR count). The lowest BCUT2D eigenvalue weighted by atomic mass is 10.1. The van der Waals surface area contributed by atoms with Gasteiger partial charge in [-0.3, -0.25) is 14.5 Å². The van der Waals surface area contributed by atoms with Gasteiger partial charge in [0.05, 0.1) is 4.91 Å². The first-order chi connectivity index (χ1) is 13.9. The standard InChI is InChI=1S/C15H14N2O3S2.C6H15N/c1-2-16-10-6-4-3-5-9(10)7-11(16)13-14(20)17(8-12(18)19)15(21)22-13;1-4-7(5-2)6-3/h3-6H,2,7-8H2,1H3,(H,18,19);4-6H2,1-3H3/b13-11+;. The molecule has 2 heterocycles. The van der Waals surface area contributed by atoms with E-state index in [-0.39, 0.29) is 12.5 Å². The zero-order chi connectivity index (χ0) is 21.6. The predicted octanol–water partition coefficient (Wildman–Crippen LogP) is 3.57. The molecule has 1 aromatic carbocycles. The first kappa shape index (κ1) is 23.4. The highest BCUT2D eigenvalue weighted by molar-refractivity contribution is 8.26. The molecule has 0 unspecified atom stereocenters. The Morgan fingerprint density at radius 2 is 1.76 bits per heavy atom. The van der Waals surface area contributed by atoms with Crippen molar-refractivity contribution in [2.45, 2.75) is 34.1 Å². The summed E-state index contributed by atoms with van der Waals surface area (Å²) in [5.74, 6) is -1.37. The number of fused-ring (bicyclic) bond motifs is 1. The normalized spacial score (nSPS) is 18.2. The van der Waals surface area contributed by atoms with Crippen LogP contribution in [0.4, 0.5) is 5.69 Å². The van der Waals surface area contributed by atoms with E-state index in [1.165, 1.54) is 37.0 Å². The van der Waals surface area contributed by atoms with E-state index in [1.807, 2.05) is 31.2 Å². The van der Waals surface area contributed by atoms with Crippen LogP contribution in [0.1, 0.15) is 33.3 Å². The number of para-hydroxylation sites is 1. The molecule has 8 heteroatoms. The highest BCUT2D eigenvalue weighted by Gasteiger charge is 2.38. The summed E-state index contributed by atoms with van der Waals surface area (Å²) in [7, 11) is 0. The van der Waals surface area contributed by atoms with E-state index in [0.717, 1.165) is 22.8 Å². The maximum Gasteiger partial charge on any atom is 0.323 e. The molecule has 1 N–H and O–H groups in total. The molecule has 1 saturated heterocycles. The van der Waals surface area contributed by atoms with Crippen LogP contribution < -0.4 is 4.90 Å². The quantitative estimate of drug-likeness (QED) is 0.541. The van der Waals surface area contributed by atoms with Crippen LogP contribution in [-0.4, -0.2) is 63.8 Å². The van der Waals surface area contributed by atoms with Gasteiger partial charge in [0.15, 0.2) is 0 Å². The van der Waals surface area contributed by atoms with Crippen molar-refractivity contribution in [3.05, 3.63) is 40.4 Å². The summed E-state index contributed by atoms with van der Waals surface area (Å²) in [5, 5.41) is 8.91. The number of thioether (sulfide) groups is 1. The first-order valence-corrected chi connectivity index (χ1v) is 11.2. The van der Waals surface area contributed by atoms with Crippen molar-refractivity contribution in [2.24, 2.45) is 0 Å². The second-order valence-electron chi connectivity index (χ2n) is 6.60. The predicted molar refractivity (Wildman–Crippen MR) is 123 cm³/mol. The van der Waals surface area contributed by atoms with E-state index >= 15 is 0 Å².